The van der Waals surface area contributed by atoms with Crippen LogP contribution in [-0.2, 0) is 0 Å². The highest BCUT2D eigenvalue weighted by molar-refractivity contribution is 5.32. The van der Waals surface area contributed by atoms with Gasteiger partial charge in [0.05, 0.1) is 30.4 Å². The average molecular weight is 269 g/mol. The van der Waals surface area contributed by atoms with Gasteiger partial charge in [-0.1, -0.05) is 25.0 Å². The number of nitriles is 2. The Morgan fingerprint density at radius 2 is 1.85 bits per heavy atom. The van der Waals surface area contributed by atoms with E-state index in [1.165, 1.54) is 12.8 Å². The number of rotatable bonds is 5. The largest absolute Gasteiger partial charge is 0.387 e. The lowest BCUT2D eigenvalue weighted by molar-refractivity contribution is 0.0967. The third kappa shape index (κ3) is 3.57. The minimum atomic E-state index is -0.614. The topological polar surface area (TPSA) is 71.1 Å². The van der Waals surface area contributed by atoms with Gasteiger partial charge in [0.1, 0.15) is 0 Å². The molecule has 4 nitrogen and oxygen atoms in total. The van der Waals surface area contributed by atoms with E-state index >= 15 is 0 Å². The first-order chi connectivity index (χ1) is 9.74. The Balaban J connectivity index is 2.01. The van der Waals surface area contributed by atoms with Crippen molar-refractivity contribution in [1.82, 2.24) is 4.90 Å². The van der Waals surface area contributed by atoms with Crippen LogP contribution in [0.25, 0.3) is 0 Å². The van der Waals surface area contributed by atoms with Crippen LogP contribution < -0.4 is 0 Å². The molecule has 1 aliphatic rings. The molecule has 0 saturated heterocycles. The van der Waals surface area contributed by atoms with Crippen molar-refractivity contribution in [2.75, 3.05) is 13.1 Å². The molecule has 4 heteroatoms. The first-order valence-corrected chi connectivity index (χ1v) is 7.03. The highest BCUT2D eigenvalue weighted by atomic mass is 16.3. The molecule has 1 aromatic rings. The van der Waals surface area contributed by atoms with Crippen molar-refractivity contribution in [2.45, 2.75) is 37.8 Å². The summed E-state index contributed by atoms with van der Waals surface area (Å²) >= 11 is 0. The van der Waals surface area contributed by atoms with E-state index in [0.717, 1.165) is 18.4 Å². The van der Waals surface area contributed by atoms with Crippen LogP contribution >= 0.6 is 0 Å². The summed E-state index contributed by atoms with van der Waals surface area (Å²) in [6, 6.07) is 11.7. The zero-order chi connectivity index (χ0) is 14.4. The molecule has 0 aliphatic heterocycles. The quantitative estimate of drug-likeness (QED) is 0.833. The van der Waals surface area contributed by atoms with Gasteiger partial charge < -0.3 is 5.11 Å². The minimum absolute atomic E-state index is 0.359. The zero-order valence-electron chi connectivity index (χ0n) is 11.5. The normalized spacial score (nSPS) is 16.8. The maximum absolute atomic E-state index is 10.3. The van der Waals surface area contributed by atoms with Crippen LogP contribution in [-0.4, -0.2) is 29.1 Å². The molecule has 0 bridgehead atoms. The molecule has 2 rings (SSSR count). The van der Waals surface area contributed by atoms with E-state index in [1.54, 1.807) is 24.3 Å². The second-order valence-corrected chi connectivity index (χ2v) is 5.28. The summed E-state index contributed by atoms with van der Waals surface area (Å²) in [4.78, 5) is 2.08. The van der Waals surface area contributed by atoms with Gasteiger partial charge in [-0.15, -0.1) is 0 Å². The Labute approximate surface area is 119 Å². The number of nitrogens with zero attached hydrogens (tertiary/aromatic N) is 3. The van der Waals surface area contributed by atoms with Crippen molar-refractivity contribution in [3.63, 3.8) is 0 Å². The lowest BCUT2D eigenvalue weighted by Crippen LogP contribution is -2.37. The van der Waals surface area contributed by atoms with Crippen LogP contribution in [0.4, 0.5) is 0 Å². The van der Waals surface area contributed by atoms with Crippen molar-refractivity contribution in [1.29, 1.82) is 10.5 Å². The fraction of sp³-hybridized carbons (Fsp3) is 0.500. The summed E-state index contributed by atoms with van der Waals surface area (Å²) < 4.78 is 0. The van der Waals surface area contributed by atoms with Crippen molar-refractivity contribution in [3.8, 4) is 12.1 Å². The molecule has 1 saturated carbocycles. The summed E-state index contributed by atoms with van der Waals surface area (Å²) in [6.07, 6.45) is 4.03. The maximum Gasteiger partial charge on any atom is 0.0991 e. The average Bonchev–Trinajstić information content (AvgIpc) is 3.01. The Bertz CT molecular complexity index is 506. The van der Waals surface area contributed by atoms with E-state index in [1.807, 2.05) is 0 Å². The molecule has 104 valence electrons. The summed E-state index contributed by atoms with van der Waals surface area (Å²) in [5, 5.41) is 28.0. The molecule has 1 unspecified atom stereocenters. The minimum Gasteiger partial charge on any atom is -0.387 e. The standard InChI is InChI=1S/C16H19N3O/c17-9-10-19(15-3-1-2-4-15)12-16(20)14-7-5-13(11-18)6-8-14/h5-8,15-16,20H,1-4,10,12H2. The van der Waals surface area contributed by atoms with E-state index in [0.29, 0.717) is 24.7 Å². The van der Waals surface area contributed by atoms with Gasteiger partial charge in [0, 0.05) is 12.6 Å². The lowest BCUT2D eigenvalue weighted by Gasteiger charge is -2.28. The first kappa shape index (κ1) is 14.5. The fourth-order valence-electron chi connectivity index (χ4n) is 2.81. The molecule has 1 atom stereocenters. The number of hydrogen-bond donors (Lipinski definition) is 1. The van der Waals surface area contributed by atoms with Crippen molar-refractivity contribution in [3.05, 3.63) is 35.4 Å². The molecule has 0 aromatic heterocycles. The second-order valence-electron chi connectivity index (χ2n) is 5.28. The zero-order valence-corrected chi connectivity index (χ0v) is 11.5. The SMILES string of the molecule is N#CCN(CC(O)c1ccc(C#N)cc1)C1CCCC1. The van der Waals surface area contributed by atoms with Crippen molar-refractivity contribution < 1.29 is 5.11 Å². The monoisotopic (exact) mass is 269 g/mol. The Morgan fingerprint density at radius 1 is 1.20 bits per heavy atom. The van der Waals surface area contributed by atoms with E-state index in [2.05, 4.69) is 17.0 Å². The summed E-state index contributed by atoms with van der Waals surface area (Å²) in [6.45, 7) is 0.835. The van der Waals surface area contributed by atoms with Crippen molar-refractivity contribution >= 4 is 0 Å². The van der Waals surface area contributed by atoms with Gasteiger partial charge in [-0.3, -0.25) is 4.90 Å². The molecule has 1 fully saturated rings. The molecule has 1 N–H and O–H groups in total. The number of benzene rings is 1. The van der Waals surface area contributed by atoms with Crippen LogP contribution in [0, 0.1) is 22.7 Å². The van der Waals surface area contributed by atoms with Crippen LogP contribution in [0.2, 0.25) is 0 Å². The Morgan fingerprint density at radius 3 is 2.40 bits per heavy atom. The molecule has 0 heterocycles. The number of aliphatic hydroxyl groups is 1. The van der Waals surface area contributed by atoms with E-state index in [4.69, 9.17) is 10.5 Å². The maximum atomic E-state index is 10.3. The predicted molar refractivity (Wildman–Crippen MR) is 75.6 cm³/mol. The highest BCUT2D eigenvalue weighted by Crippen LogP contribution is 2.25. The van der Waals surface area contributed by atoms with Crippen LogP contribution in [0.3, 0.4) is 0 Å². The van der Waals surface area contributed by atoms with Gasteiger partial charge in [-0.25, -0.2) is 0 Å². The van der Waals surface area contributed by atoms with Gasteiger partial charge in [0.25, 0.3) is 0 Å². The highest BCUT2D eigenvalue weighted by Gasteiger charge is 2.24. The molecular formula is C16H19N3O. The van der Waals surface area contributed by atoms with Gasteiger partial charge >= 0.3 is 0 Å². The van der Waals surface area contributed by atoms with Gasteiger partial charge in [0.15, 0.2) is 0 Å². The fourth-order valence-corrected chi connectivity index (χ4v) is 2.81. The summed E-state index contributed by atoms with van der Waals surface area (Å²) in [5.41, 5.74) is 1.38. The molecule has 1 aromatic carbocycles. The van der Waals surface area contributed by atoms with Crippen LogP contribution in [0.15, 0.2) is 24.3 Å². The third-order valence-corrected chi connectivity index (χ3v) is 3.95. The van der Waals surface area contributed by atoms with Crippen molar-refractivity contribution in [2.24, 2.45) is 0 Å². The molecule has 1 aliphatic carbocycles. The van der Waals surface area contributed by atoms with Gasteiger partial charge in [0.2, 0.25) is 0 Å². The van der Waals surface area contributed by atoms with E-state index < -0.39 is 6.10 Å². The van der Waals surface area contributed by atoms with Crippen LogP contribution in [0.1, 0.15) is 42.9 Å². The number of aliphatic hydroxyl groups excluding tert-OH is 1. The molecule has 20 heavy (non-hydrogen) atoms. The molecule has 0 spiro atoms. The van der Waals surface area contributed by atoms with E-state index in [9.17, 15) is 5.11 Å². The third-order valence-electron chi connectivity index (χ3n) is 3.95. The lowest BCUT2D eigenvalue weighted by atomic mass is 10.1. The summed E-state index contributed by atoms with van der Waals surface area (Å²) in [5.74, 6) is 0. The van der Waals surface area contributed by atoms with Gasteiger partial charge in [-0.2, -0.15) is 10.5 Å². The first-order valence-electron chi connectivity index (χ1n) is 7.03. The Hall–Kier alpha value is -1.88. The molecular weight excluding hydrogens is 250 g/mol. The Kier molecular flexibility index (Phi) is 5.12. The second kappa shape index (κ2) is 7.05. The van der Waals surface area contributed by atoms with E-state index in [-0.39, 0.29) is 0 Å². The summed E-state index contributed by atoms with van der Waals surface area (Å²) in [7, 11) is 0. The van der Waals surface area contributed by atoms with Crippen LogP contribution in [0.5, 0.6) is 0 Å². The smallest absolute Gasteiger partial charge is 0.0991 e. The molecule has 0 amide bonds. The molecule has 0 radical (unpaired) electrons. The predicted octanol–water partition coefficient (Wildman–Crippen LogP) is 2.36. The number of hydrogen-bond acceptors (Lipinski definition) is 4. The van der Waals surface area contributed by atoms with Gasteiger partial charge in [-0.05, 0) is 30.5 Å².